The van der Waals surface area contributed by atoms with Crippen molar-refractivity contribution in [2.24, 2.45) is 0 Å². The lowest BCUT2D eigenvalue weighted by molar-refractivity contribution is -0.116. The zero-order valence-electron chi connectivity index (χ0n) is 18.3. The number of carbonyl (C=O) groups excluding carboxylic acids is 2. The summed E-state index contributed by atoms with van der Waals surface area (Å²) in [6, 6.07) is 14.8. The van der Waals surface area contributed by atoms with Crippen molar-refractivity contribution in [2.45, 2.75) is 26.3 Å². The minimum Gasteiger partial charge on any atom is -0.444 e. The molecule has 0 radical (unpaired) electrons. The van der Waals surface area contributed by atoms with Gasteiger partial charge in [-0.2, -0.15) is 0 Å². The third-order valence-electron chi connectivity index (χ3n) is 5.08. The van der Waals surface area contributed by atoms with E-state index in [0.717, 1.165) is 11.3 Å². The summed E-state index contributed by atoms with van der Waals surface area (Å²) in [4.78, 5) is 33.2. The van der Waals surface area contributed by atoms with Gasteiger partial charge in [-0.3, -0.25) is 9.59 Å². The number of aromatic nitrogens is 3. The molecular weight excluding hydrogens is 418 g/mol. The van der Waals surface area contributed by atoms with Crippen LogP contribution in [0.4, 0.5) is 5.69 Å². The summed E-state index contributed by atoms with van der Waals surface area (Å²) in [5.41, 5.74) is 3.91. The Balaban J connectivity index is 1.26. The Hall–Kier alpha value is -4.20. The molecule has 0 unspecified atom stereocenters. The van der Waals surface area contributed by atoms with Crippen molar-refractivity contribution >= 4 is 17.5 Å². The quantitative estimate of drug-likeness (QED) is 0.409. The summed E-state index contributed by atoms with van der Waals surface area (Å²) >= 11 is 0. The van der Waals surface area contributed by atoms with E-state index in [9.17, 15) is 9.59 Å². The van der Waals surface area contributed by atoms with Crippen LogP contribution in [0.15, 0.2) is 77.9 Å². The van der Waals surface area contributed by atoms with Gasteiger partial charge in [0.25, 0.3) is 5.91 Å². The Morgan fingerprint density at radius 2 is 1.97 bits per heavy atom. The molecule has 33 heavy (non-hydrogen) atoms. The molecule has 8 nitrogen and oxygen atoms in total. The fraction of sp³-hybridized carbons (Fsp3) is 0.200. The van der Waals surface area contributed by atoms with E-state index in [0.29, 0.717) is 43.1 Å². The Kier molecular flexibility index (Phi) is 6.94. The number of hydrogen-bond donors (Lipinski definition) is 2. The summed E-state index contributed by atoms with van der Waals surface area (Å²) in [5, 5.41) is 5.71. The molecule has 0 saturated heterocycles. The summed E-state index contributed by atoms with van der Waals surface area (Å²) in [7, 11) is 0. The molecule has 2 N–H and O–H groups in total. The van der Waals surface area contributed by atoms with Crippen LogP contribution in [-0.4, -0.2) is 32.9 Å². The minimum absolute atomic E-state index is 0.128. The van der Waals surface area contributed by atoms with E-state index in [1.807, 2.05) is 35.8 Å². The maximum absolute atomic E-state index is 12.5. The average molecular weight is 444 g/mol. The molecule has 2 aromatic heterocycles. The number of oxazole rings is 1. The van der Waals surface area contributed by atoms with Crippen molar-refractivity contribution in [1.29, 1.82) is 0 Å². The molecule has 0 bridgehead atoms. The van der Waals surface area contributed by atoms with Crippen LogP contribution in [0, 0.1) is 6.92 Å². The van der Waals surface area contributed by atoms with Crippen molar-refractivity contribution in [3.05, 3.63) is 90.3 Å². The normalized spacial score (nSPS) is 10.7. The average Bonchev–Trinajstić information content (AvgIpc) is 3.51. The van der Waals surface area contributed by atoms with Crippen LogP contribution in [0.25, 0.3) is 11.5 Å². The summed E-state index contributed by atoms with van der Waals surface area (Å²) < 4.78 is 7.40. The highest BCUT2D eigenvalue weighted by Crippen LogP contribution is 2.19. The van der Waals surface area contributed by atoms with Crippen LogP contribution in [0.5, 0.6) is 0 Å². The number of anilines is 1. The summed E-state index contributed by atoms with van der Waals surface area (Å²) in [5.74, 6) is 0.219. The first-order chi connectivity index (χ1) is 16.1. The van der Waals surface area contributed by atoms with Gasteiger partial charge in [0, 0.05) is 55.1 Å². The smallest absolute Gasteiger partial charge is 0.251 e. The zero-order chi connectivity index (χ0) is 23.0. The highest BCUT2D eigenvalue weighted by Gasteiger charge is 2.10. The number of aryl methyl sites for hydroxylation is 2. The fourth-order valence-electron chi connectivity index (χ4n) is 3.27. The lowest BCUT2D eigenvalue weighted by atomic mass is 10.1. The van der Waals surface area contributed by atoms with E-state index in [1.54, 1.807) is 49.2 Å². The van der Waals surface area contributed by atoms with Crippen LogP contribution in [0.2, 0.25) is 0 Å². The van der Waals surface area contributed by atoms with E-state index in [2.05, 4.69) is 20.6 Å². The lowest BCUT2D eigenvalue weighted by Gasteiger charge is -2.08. The molecular formula is C25H25N5O3. The van der Waals surface area contributed by atoms with Crippen molar-refractivity contribution in [1.82, 2.24) is 19.9 Å². The zero-order valence-corrected chi connectivity index (χ0v) is 18.3. The van der Waals surface area contributed by atoms with Gasteiger partial charge in [-0.25, -0.2) is 9.97 Å². The maximum atomic E-state index is 12.5. The molecule has 8 heteroatoms. The highest BCUT2D eigenvalue weighted by atomic mass is 16.3. The van der Waals surface area contributed by atoms with Gasteiger partial charge in [0.1, 0.15) is 6.26 Å². The van der Waals surface area contributed by atoms with Gasteiger partial charge < -0.3 is 19.6 Å². The monoisotopic (exact) mass is 443 g/mol. The molecule has 4 rings (SSSR count). The van der Waals surface area contributed by atoms with E-state index < -0.39 is 0 Å². The minimum atomic E-state index is -0.216. The van der Waals surface area contributed by atoms with Gasteiger partial charge in [-0.05, 0) is 37.3 Å². The number of nitrogens with one attached hydrogen (secondary N) is 2. The Morgan fingerprint density at radius 3 is 2.76 bits per heavy atom. The highest BCUT2D eigenvalue weighted by molar-refractivity contribution is 5.97. The molecule has 0 fully saturated rings. The van der Waals surface area contributed by atoms with Crippen LogP contribution in [0.1, 0.15) is 28.0 Å². The summed E-state index contributed by atoms with van der Waals surface area (Å²) in [6.45, 7) is 2.99. The summed E-state index contributed by atoms with van der Waals surface area (Å²) in [6.07, 6.45) is 7.62. The molecule has 168 valence electrons. The van der Waals surface area contributed by atoms with Gasteiger partial charge in [0.15, 0.2) is 0 Å². The lowest BCUT2D eigenvalue weighted by Crippen LogP contribution is -2.26. The molecule has 0 spiro atoms. The van der Waals surface area contributed by atoms with Crippen molar-refractivity contribution in [3.8, 4) is 11.5 Å². The van der Waals surface area contributed by atoms with Crippen LogP contribution < -0.4 is 10.6 Å². The Labute approximate surface area is 191 Å². The third-order valence-corrected chi connectivity index (χ3v) is 5.08. The number of imidazole rings is 1. The number of benzene rings is 2. The number of rotatable bonds is 9. The van der Waals surface area contributed by atoms with Crippen LogP contribution >= 0.6 is 0 Å². The van der Waals surface area contributed by atoms with E-state index in [4.69, 9.17) is 4.42 Å². The third kappa shape index (κ3) is 6.16. The molecule has 0 aliphatic rings. The molecule has 0 aliphatic carbocycles. The second-order valence-corrected chi connectivity index (χ2v) is 7.70. The van der Waals surface area contributed by atoms with Gasteiger partial charge in [0.2, 0.25) is 11.8 Å². The maximum Gasteiger partial charge on any atom is 0.251 e. The van der Waals surface area contributed by atoms with Gasteiger partial charge in [0.05, 0.1) is 12.0 Å². The molecule has 2 aromatic carbocycles. The SMILES string of the molecule is Cc1ccc(-c2nc(CCNC(=O)c3cccc(NC(=O)CCn4ccnc4)c3)co2)cc1. The van der Waals surface area contributed by atoms with Gasteiger partial charge >= 0.3 is 0 Å². The standard InChI is InChI=1S/C25H25N5O3/c1-18-5-7-19(8-6-18)25-29-22(16-33-25)9-11-27-24(32)20-3-2-4-21(15-20)28-23(31)10-13-30-14-12-26-17-30/h2-8,12,14-17H,9-11,13H2,1H3,(H,27,32)(H,28,31). The van der Waals surface area contributed by atoms with Gasteiger partial charge in [-0.1, -0.05) is 23.8 Å². The van der Waals surface area contributed by atoms with Crippen LogP contribution in [0.3, 0.4) is 0 Å². The number of hydrogen-bond acceptors (Lipinski definition) is 5. The molecule has 0 atom stereocenters. The van der Waals surface area contributed by atoms with E-state index >= 15 is 0 Å². The second kappa shape index (κ2) is 10.4. The predicted octanol–water partition coefficient (Wildman–Crippen LogP) is 3.85. The molecule has 0 saturated carbocycles. The molecule has 4 aromatic rings. The predicted molar refractivity (Wildman–Crippen MR) is 125 cm³/mol. The second-order valence-electron chi connectivity index (χ2n) is 7.70. The topological polar surface area (TPSA) is 102 Å². The number of amides is 2. The van der Waals surface area contributed by atoms with Crippen molar-refractivity contribution in [2.75, 3.05) is 11.9 Å². The van der Waals surface area contributed by atoms with Crippen molar-refractivity contribution in [3.63, 3.8) is 0 Å². The van der Waals surface area contributed by atoms with Crippen molar-refractivity contribution < 1.29 is 14.0 Å². The first-order valence-corrected chi connectivity index (χ1v) is 10.7. The van der Waals surface area contributed by atoms with Gasteiger partial charge in [-0.15, -0.1) is 0 Å². The Bertz CT molecular complexity index is 1210. The first-order valence-electron chi connectivity index (χ1n) is 10.7. The first kappa shape index (κ1) is 22.0. The largest absolute Gasteiger partial charge is 0.444 e. The number of carbonyl (C=O) groups is 2. The Morgan fingerprint density at radius 1 is 1.12 bits per heavy atom. The molecule has 2 amide bonds. The van der Waals surface area contributed by atoms with E-state index in [-0.39, 0.29) is 11.8 Å². The van der Waals surface area contributed by atoms with E-state index in [1.165, 1.54) is 5.56 Å². The fourth-order valence-corrected chi connectivity index (χ4v) is 3.27. The molecule has 2 heterocycles. The van der Waals surface area contributed by atoms with Crippen LogP contribution in [-0.2, 0) is 17.8 Å². The molecule has 0 aliphatic heterocycles. The number of nitrogens with zero attached hydrogens (tertiary/aromatic N) is 3.